The number of thioether (sulfide) groups is 1. The van der Waals surface area contributed by atoms with E-state index in [1.54, 1.807) is 37.8 Å². The van der Waals surface area contributed by atoms with Crippen LogP contribution in [0.15, 0.2) is 29.4 Å². The van der Waals surface area contributed by atoms with Crippen LogP contribution in [0.25, 0.3) is 0 Å². The van der Waals surface area contributed by atoms with Crippen LogP contribution in [-0.4, -0.2) is 43.9 Å². The predicted molar refractivity (Wildman–Crippen MR) is 122 cm³/mol. The maximum absolute atomic E-state index is 12.5. The van der Waals surface area contributed by atoms with Gasteiger partial charge in [-0.15, -0.1) is 21.5 Å². The Kier molecular flexibility index (Phi) is 7.29. The van der Waals surface area contributed by atoms with Gasteiger partial charge >= 0.3 is 0 Å². The number of thiazole rings is 1. The number of benzene rings is 1. The normalized spacial score (nSPS) is 11.8. The number of nitrogens with one attached hydrogen (secondary N) is 2. The van der Waals surface area contributed by atoms with Crippen LogP contribution in [-0.2, 0) is 23.1 Å². The van der Waals surface area contributed by atoms with E-state index >= 15 is 0 Å². The van der Waals surface area contributed by atoms with Crippen molar-refractivity contribution < 1.29 is 14.3 Å². The largest absolute Gasteiger partial charge is 0.495 e. The van der Waals surface area contributed by atoms with Crippen molar-refractivity contribution >= 4 is 45.7 Å². The van der Waals surface area contributed by atoms with Crippen LogP contribution in [0, 0.1) is 13.8 Å². The van der Waals surface area contributed by atoms with Gasteiger partial charge < -0.3 is 19.9 Å². The highest BCUT2D eigenvalue weighted by molar-refractivity contribution is 8.00. The minimum atomic E-state index is -0.414. The molecule has 0 unspecified atom stereocenters. The second kappa shape index (κ2) is 9.92. The molecule has 0 saturated carbocycles. The van der Waals surface area contributed by atoms with E-state index in [1.165, 1.54) is 23.1 Å². The Bertz CT molecular complexity index is 1080. The molecule has 0 saturated heterocycles. The van der Waals surface area contributed by atoms with Crippen LogP contribution < -0.4 is 15.4 Å². The number of aromatic nitrogens is 4. The number of aryl methyl sites for hydroxylation is 2. The van der Waals surface area contributed by atoms with Crippen molar-refractivity contribution in [1.29, 1.82) is 0 Å². The molecule has 0 aliphatic heterocycles. The molecule has 0 spiro atoms. The lowest BCUT2D eigenvalue weighted by molar-refractivity contribution is -0.116. The van der Waals surface area contributed by atoms with Gasteiger partial charge in [-0.05, 0) is 32.9 Å². The van der Waals surface area contributed by atoms with E-state index in [-0.39, 0.29) is 18.2 Å². The van der Waals surface area contributed by atoms with E-state index in [0.717, 1.165) is 10.6 Å². The summed E-state index contributed by atoms with van der Waals surface area (Å²) in [6.45, 7) is 5.66. The van der Waals surface area contributed by atoms with E-state index in [2.05, 4.69) is 25.8 Å². The summed E-state index contributed by atoms with van der Waals surface area (Å²) in [5.74, 6) is 0.665. The molecule has 0 bridgehead atoms. The monoisotopic (exact) mass is 460 g/mol. The van der Waals surface area contributed by atoms with E-state index in [9.17, 15) is 9.59 Å². The maximum atomic E-state index is 12.5. The number of para-hydroxylation sites is 2. The second-order valence-corrected chi connectivity index (χ2v) is 9.30. The molecule has 31 heavy (non-hydrogen) atoms. The summed E-state index contributed by atoms with van der Waals surface area (Å²) in [7, 11) is 3.32. The average molecular weight is 461 g/mol. The Labute approximate surface area is 188 Å². The van der Waals surface area contributed by atoms with Gasteiger partial charge in [-0.3, -0.25) is 9.59 Å². The van der Waals surface area contributed by atoms with Gasteiger partial charge in [-0.1, -0.05) is 23.9 Å². The molecule has 0 radical (unpaired) electrons. The number of rotatable bonds is 8. The number of hydrogen-bond donors (Lipinski definition) is 2. The Morgan fingerprint density at radius 2 is 1.97 bits per heavy atom. The molecule has 164 valence electrons. The highest BCUT2D eigenvalue weighted by atomic mass is 32.2. The SMILES string of the molecule is COc1ccccc1NC(=O)Cc1nnc(S[C@@H](C)C(=O)Nc2nc(C)c(C)s2)n1C. The van der Waals surface area contributed by atoms with E-state index in [0.29, 0.717) is 27.5 Å². The summed E-state index contributed by atoms with van der Waals surface area (Å²) < 4.78 is 6.96. The van der Waals surface area contributed by atoms with Gasteiger partial charge in [-0.25, -0.2) is 4.98 Å². The molecular weight excluding hydrogens is 436 g/mol. The third-order valence-electron chi connectivity index (χ3n) is 4.53. The Morgan fingerprint density at radius 3 is 2.65 bits per heavy atom. The lowest BCUT2D eigenvalue weighted by atomic mass is 10.2. The van der Waals surface area contributed by atoms with Crippen LogP contribution in [0.1, 0.15) is 23.3 Å². The lowest BCUT2D eigenvalue weighted by Gasteiger charge is -2.11. The maximum Gasteiger partial charge on any atom is 0.239 e. The average Bonchev–Trinajstić information content (AvgIpc) is 3.23. The Hall–Kier alpha value is -2.92. The highest BCUT2D eigenvalue weighted by Gasteiger charge is 2.21. The van der Waals surface area contributed by atoms with Gasteiger partial charge in [0.1, 0.15) is 11.6 Å². The topological polar surface area (TPSA) is 111 Å². The van der Waals surface area contributed by atoms with Gasteiger partial charge in [0.25, 0.3) is 0 Å². The summed E-state index contributed by atoms with van der Waals surface area (Å²) in [4.78, 5) is 30.3. The smallest absolute Gasteiger partial charge is 0.239 e. The summed E-state index contributed by atoms with van der Waals surface area (Å²) >= 11 is 2.71. The van der Waals surface area contributed by atoms with Crippen LogP contribution in [0.3, 0.4) is 0 Å². The van der Waals surface area contributed by atoms with Gasteiger partial charge in [-0.2, -0.15) is 0 Å². The van der Waals surface area contributed by atoms with Gasteiger partial charge in [0.05, 0.1) is 30.2 Å². The first kappa shape index (κ1) is 22.8. The third-order valence-corrected chi connectivity index (χ3v) is 6.66. The van der Waals surface area contributed by atoms with Gasteiger partial charge in [0, 0.05) is 11.9 Å². The quantitative estimate of drug-likeness (QED) is 0.497. The number of methoxy groups -OCH3 is 1. The Balaban J connectivity index is 1.60. The number of nitrogens with zero attached hydrogens (tertiary/aromatic N) is 4. The van der Waals surface area contributed by atoms with Gasteiger partial charge in [0.2, 0.25) is 11.8 Å². The van der Waals surface area contributed by atoms with Crippen molar-refractivity contribution in [2.24, 2.45) is 7.05 Å². The molecule has 3 aromatic rings. The molecule has 0 aliphatic carbocycles. The molecule has 0 fully saturated rings. The number of ether oxygens (including phenoxy) is 1. The molecule has 2 amide bonds. The summed E-state index contributed by atoms with van der Waals surface area (Å²) in [6.07, 6.45) is 0.0420. The molecule has 0 aliphatic rings. The van der Waals surface area contributed by atoms with E-state index < -0.39 is 5.25 Å². The fraction of sp³-hybridized carbons (Fsp3) is 0.350. The molecule has 9 nitrogen and oxygen atoms in total. The van der Waals surface area contributed by atoms with Crippen molar-refractivity contribution in [1.82, 2.24) is 19.7 Å². The van der Waals surface area contributed by atoms with E-state index in [4.69, 9.17) is 4.74 Å². The Morgan fingerprint density at radius 1 is 1.23 bits per heavy atom. The van der Waals surface area contributed by atoms with Crippen molar-refractivity contribution in [3.05, 3.63) is 40.7 Å². The first-order valence-electron chi connectivity index (χ1n) is 9.51. The third kappa shape index (κ3) is 5.61. The molecule has 3 rings (SSSR count). The summed E-state index contributed by atoms with van der Waals surface area (Å²) in [5.41, 5.74) is 1.50. The number of amides is 2. The summed E-state index contributed by atoms with van der Waals surface area (Å²) in [5, 5.41) is 14.6. The van der Waals surface area contributed by atoms with Crippen LogP contribution >= 0.6 is 23.1 Å². The molecule has 11 heteroatoms. The minimum absolute atomic E-state index is 0.0420. The number of hydrogen-bond acceptors (Lipinski definition) is 8. The van der Waals surface area contributed by atoms with E-state index in [1.807, 2.05) is 26.0 Å². The van der Waals surface area contributed by atoms with Crippen molar-refractivity contribution in [2.45, 2.75) is 37.6 Å². The molecular formula is C20H24N6O3S2. The summed E-state index contributed by atoms with van der Waals surface area (Å²) in [6, 6.07) is 7.18. The zero-order chi connectivity index (χ0) is 22.5. The lowest BCUT2D eigenvalue weighted by Crippen LogP contribution is -2.23. The zero-order valence-corrected chi connectivity index (χ0v) is 19.6. The molecule has 1 aromatic carbocycles. The van der Waals surface area contributed by atoms with Crippen LogP contribution in [0.5, 0.6) is 5.75 Å². The fourth-order valence-corrected chi connectivity index (χ4v) is 4.28. The minimum Gasteiger partial charge on any atom is -0.495 e. The van der Waals surface area contributed by atoms with Crippen LogP contribution in [0.2, 0.25) is 0 Å². The zero-order valence-electron chi connectivity index (χ0n) is 17.9. The number of carbonyl (C=O) groups is 2. The van der Waals surface area contributed by atoms with Crippen LogP contribution in [0.4, 0.5) is 10.8 Å². The van der Waals surface area contributed by atoms with Gasteiger partial charge in [0.15, 0.2) is 10.3 Å². The van der Waals surface area contributed by atoms with Crippen molar-refractivity contribution in [3.63, 3.8) is 0 Å². The highest BCUT2D eigenvalue weighted by Crippen LogP contribution is 2.26. The fourth-order valence-electron chi connectivity index (χ4n) is 2.63. The first-order valence-corrected chi connectivity index (χ1v) is 11.2. The molecule has 2 heterocycles. The van der Waals surface area contributed by atoms with Crippen molar-refractivity contribution in [2.75, 3.05) is 17.7 Å². The molecule has 1 atom stereocenters. The molecule has 2 N–H and O–H groups in total. The first-order chi connectivity index (χ1) is 14.8. The predicted octanol–water partition coefficient (Wildman–Crippen LogP) is 3.20. The second-order valence-electron chi connectivity index (χ2n) is 6.79. The van der Waals surface area contributed by atoms with Crippen molar-refractivity contribution in [3.8, 4) is 5.75 Å². The number of anilines is 2. The number of carbonyl (C=O) groups excluding carboxylic acids is 2. The molecule has 2 aromatic heterocycles. The standard InChI is InChI=1S/C20H24N6O3S2/c1-11-12(2)30-19(21-11)23-18(28)13(3)31-20-25-24-16(26(20)4)10-17(27)22-14-8-6-7-9-15(14)29-5/h6-9,13H,10H2,1-5H3,(H,22,27)(H,21,23,28)/t13-/m0/s1.